The highest BCUT2D eigenvalue weighted by atomic mass is 79.9. The van der Waals surface area contributed by atoms with Gasteiger partial charge in [0.25, 0.3) is 0 Å². The number of anilines is 1. The summed E-state index contributed by atoms with van der Waals surface area (Å²) >= 11 is 3.69. The molecule has 31 heavy (non-hydrogen) atoms. The fourth-order valence-electron chi connectivity index (χ4n) is 4.85. The van der Waals surface area contributed by atoms with Crippen molar-refractivity contribution in [1.82, 2.24) is 9.78 Å². The third-order valence-corrected chi connectivity index (χ3v) is 6.70. The first-order valence-corrected chi connectivity index (χ1v) is 11.1. The molecule has 0 aliphatic carbocycles. The third-order valence-electron chi connectivity index (χ3n) is 6.21. The number of aromatic nitrogens is 2. The van der Waals surface area contributed by atoms with E-state index in [-0.39, 0.29) is 5.41 Å². The monoisotopic (exact) mass is 469 g/mol. The lowest BCUT2D eigenvalue weighted by Gasteiger charge is -2.30. The van der Waals surface area contributed by atoms with Gasteiger partial charge in [-0.05, 0) is 42.0 Å². The lowest BCUT2D eigenvalue weighted by molar-refractivity contribution is 0.407. The number of benzene rings is 3. The SMILES string of the molecule is CN1C[C@@]2(C=COc3c2c(-c2ccccc2)nn3-c2ccccc2)c2cc(Br)ccc21. The van der Waals surface area contributed by atoms with Crippen molar-refractivity contribution in [3.63, 3.8) is 0 Å². The molecule has 1 atom stereocenters. The molecule has 6 rings (SSSR count). The van der Waals surface area contributed by atoms with Crippen LogP contribution >= 0.6 is 15.9 Å². The van der Waals surface area contributed by atoms with E-state index in [0.717, 1.165) is 39.4 Å². The molecule has 0 fully saturated rings. The lowest BCUT2D eigenvalue weighted by Crippen LogP contribution is -2.33. The fourth-order valence-corrected chi connectivity index (χ4v) is 5.21. The third kappa shape index (κ3) is 2.70. The second kappa shape index (κ2) is 6.86. The first-order chi connectivity index (χ1) is 15.2. The molecule has 2 aliphatic heterocycles. The van der Waals surface area contributed by atoms with Gasteiger partial charge in [-0.15, -0.1) is 0 Å². The Labute approximate surface area is 189 Å². The predicted octanol–water partition coefficient (Wildman–Crippen LogP) is 5.94. The Hall–Kier alpha value is -3.31. The summed E-state index contributed by atoms with van der Waals surface area (Å²) in [6.45, 7) is 0.825. The van der Waals surface area contributed by atoms with Gasteiger partial charge in [-0.25, -0.2) is 0 Å². The Kier molecular flexibility index (Phi) is 4.08. The van der Waals surface area contributed by atoms with Crippen LogP contribution in [0.4, 0.5) is 5.69 Å². The second-order valence-corrected chi connectivity index (χ2v) is 8.97. The smallest absolute Gasteiger partial charge is 0.226 e. The summed E-state index contributed by atoms with van der Waals surface area (Å²) in [6.07, 6.45) is 4.01. The van der Waals surface area contributed by atoms with E-state index >= 15 is 0 Å². The van der Waals surface area contributed by atoms with Gasteiger partial charge in [0.05, 0.1) is 22.9 Å². The molecular formula is C26H20BrN3O. The summed E-state index contributed by atoms with van der Waals surface area (Å²) in [4.78, 5) is 2.32. The Morgan fingerprint density at radius 2 is 1.71 bits per heavy atom. The molecule has 0 N–H and O–H groups in total. The van der Waals surface area contributed by atoms with E-state index < -0.39 is 0 Å². The lowest BCUT2D eigenvalue weighted by atomic mass is 9.74. The van der Waals surface area contributed by atoms with Crippen molar-refractivity contribution < 1.29 is 4.74 Å². The van der Waals surface area contributed by atoms with E-state index in [0.29, 0.717) is 0 Å². The fraction of sp³-hybridized carbons (Fsp3) is 0.115. The van der Waals surface area contributed by atoms with Gasteiger partial charge in [-0.2, -0.15) is 9.78 Å². The minimum Gasteiger partial charge on any atom is -0.447 e. The van der Waals surface area contributed by atoms with Crippen molar-refractivity contribution in [1.29, 1.82) is 0 Å². The van der Waals surface area contributed by atoms with Gasteiger partial charge in [0, 0.05) is 29.3 Å². The van der Waals surface area contributed by atoms with Gasteiger partial charge in [0.2, 0.25) is 5.88 Å². The summed E-state index contributed by atoms with van der Waals surface area (Å²) in [7, 11) is 2.15. The summed E-state index contributed by atoms with van der Waals surface area (Å²) in [5.41, 5.74) is 6.26. The van der Waals surface area contributed by atoms with Crippen LogP contribution in [0.1, 0.15) is 11.1 Å². The number of likely N-dealkylation sites (N-methyl/N-ethyl adjacent to an activating group) is 1. The topological polar surface area (TPSA) is 30.3 Å². The molecule has 0 amide bonds. The Morgan fingerprint density at radius 3 is 2.48 bits per heavy atom. The molecule has 152 valence electrons. The summed E-state index contributed by atoms with van der Waals surface area (Å²) in [5, 5.41) is 5.09. The maximum absolute atomic E-state index is 6.17. The van der Waals surface area contributed by atoms with Crippen LogP contribution in [0.25, 0.3) is 16.9 Å². The summed E-state index contributed by atoms with van der Waals surface area (Å²) in [5.74, 6) is 0.772. The largest absolute Gasteiger partial charge is 0.447 e. The zero-order valence-electron chi connectivity index (χ0n) is 17.0. The highest BCUT2D eigenvalue weighted by Crippen LogP contribution is 2.53. The van der Waals surface area contributed by atoms with Crippen LogP contribution < -0.4 is 9.64 Å². The number of para-hydroxylation sites is 1. The van der Waals surface area contributed by atoms with Crippen molar-refractivity contribution in [2.24, 2.45) is 0 Å². The Morgan fingerprint density at radius 1 is 0.968 bits per heavy atom. The second-order valence-electron chi connectivity index (χ2n) is 8.05. The van der Waals surface area contributed by atoms with Crippen molar-refractivity contribution in [2.75, 3.05) is 18.5 Å². The summed E-state index contributed by atoms with van der Waals surface area (Å²) in [6, 6.07) is 27.1. The highest BCUT2D eigenvalue weighted by molar-refractivity contribution is 9.10. The average molecular weight is 470 g/mol. The molecule has 4 aromatic rings. The van der Waals surface area contributed by atoms with Crippen LogP contribution in [0, 0.1) is 0 Å². The molecule has 4 nitrogen and oxygen atoms in total. The van der Waals surface area contributed by atoms with Crippen LogP contribution in [-0.2, 0) is 5.41 Å². The molecule has 5 heteroatoms. The number of hydrogen-bond acceptors (Lipinski definition) is 3. The number of hydrogen-bond donors (Lipinski definition) is 0. The van der Waals surface area contributed by atoms with Crippen LogP contribution in [0.3, 0.4) is 0 Å². The average Bonchev–Trinajstić information content (AvgIpc) is 3.32. The molecule has 2 aliphatic rings. The first-order valence-electron chi connectivity index (χ1n) is 10.3. The summed E-state index contributed by atoms with van der Waals surface area (Å²) < 4.78 is 9.17. The maximum Gasteiger partial charge on any atom is 0.226 e. The first kappa shape index (κ1) is 18.5. The van der Waals surface area contributed by atoms with E-state index in [4.69, 9.17) is 9.84 Å². The molecule has 0 saturated carbocycles. The maximum atomic E-state index is 6.17. The normalized spacial score (nSPS) is 18.7. The standard InChI is InChI=1S/C26H20BrN3O/c1-29-17-26(21-16-19(27)12-13-22(21)29)14-15-31-25-23(26)24(18-8-4-2-5-9-18)28-30(25)20-10-6-3-7-11-20/h2-16H,17H2,1H3/t26-/m0/s1. The molecular weight excluding hydrogens is 450 g/mol. The van der Waals surface area contributed by atoms with Gasteiger partial charge < -0.3 is 9.64 Å². The van der Waals surface area contributed by atoms with E-state index in [1.807, 2.05) is 35.2 Å². The van der Waals surface area contributed by atoms with E-state index in [2.05, 4.69) is 88.6 Å². The van der Waals surface area contributed by atoms with E-state index in [1.165, 1.54) is 11.3 Å². The van der Waals surface area contributed by atoms with E-state index in [9.17, 15) is 0 Å². The van der Waals surface area contributed by atoms with Crippen LogP contribution in [0.15, 0.2) is 95.7 Å². The van der Waals surface area contributed by atoms with Crippen molar-refractivity contribution in [2.45, 2.75) is 5.41 Å². The Balaban J connectivity index is 1.69. The van der Waals surface area contributed by atoms with E-state index in [1.54, 1.807) is 0 Å². The van der Waals surface area contributed by atoms with Gasteiger partial charge in [0.1, 0.15) is 5.69 Å². The van der Waals surface area contributed by atoms with Crippen molar-refractivity contribution >= 4 is 21.6 Å². The van der Waals surface area contributed by atoms with Gasteiger partial charge in [-0.1, -0.05) is 64.5 Å². The molecule has 1 spiro atoms. The number of ether oxygens (including phenoxy) is 1. The highest BCUT2D eigenvalue weighted by Gasteiger charge is 2.48. The quantitative estimate of drug-likeness (QED) is 0.363. The molecule has 0 unspecified atom stereocenters. The minimum atomic E-state index is -0.348. The molecule has 0 saturated heterocycles. The number of nitrogens with zero attached hydrogens (tertiary/aromatic N) is 3. The molecule has 3 heterocycles. The van der Waals surface area contributed by atoms with Crippen LogP contribution in [0.2, 0.25) is 0 Å². The number of rotatable bonds is 2. The molecule has 1 aromatic heterocycles. The number of halogens is 1. The van der Waals surface area contributed by atoms with Crippen molar-refractivity contribution in [3.05, 3.63) is 107 Å². The zero-order valence-corrected chi connectivity index (χ0v) is 18.6. The molecule has 3 aromatic carbocycles. The van der Waals surface area contributed by atoms with Gasteiger partial charge in [0.15, 0.2) is 0 Å². The van der Waals surface area contributed by atoms with Crippen LogP contribution in [0.5, 0.6) is 5.88 Å². The van der Waals surface area contributed by atoms with Crippen LogP contribution in [-0.4, -0.2) is 23.4 Å². The molecule has 0 radical (unpaired) electrons. The van der Waals surface area contributed by atoms with Gasteiger partial charge >= 0.3 is 0 Å². The zero-order chi connectivity index (χ0) is 21.0. The Bertz CT molecular complexity index is 1310. The predicted molar refractivity (Wildman–Crippen MR) is 127 cm³/mol. The van der Waals surface area contributed by atoms with Crippen molar-refractivity contribution in [3.8, 4) is 22.8 Å². The number of fused-ring (bicyclic) bond motifs is 4. The molecule has 0 bridgehead atoms. The van der Waals surface area contributed by atoms with Gasteiger partial charge in [-0.3, -0.25) is 0 Å². The minimum absolute atomic E-state index is 0.348.